The van der Waals surface area contributed by atoms with Crippen LogP contribution in [0.4, 0.5) is 64.1 Å². The van der Waals surface area contributed by atoms with E-state index in [0.29, 0.717) is 18.5 Å². The highest BCUT2D eigenvalue weighted by atomic mass is 79.9. The summed E-state index contributed by atoms with van der Waals surface area (Å²) in [6, 6.07) is 6.20. The second-order valence-corrected chi connectivity index (χ2v) is 14.3. The highest BCUT2D eigenvalue weighted by Gasteiger charge is 2.38. The maximum Gasteiger partial charge on any atom is 0.419 e. The zero-order chi connectivity index (χ0) is 42.4. The molecule has 0 fully saturated rings. The number of rotatable bonds is 7. The van der Waals surface area contributed by atoms with Gasteiger partial charge in [0.05, 0.1) is 52.1 Å². The van der Waals surface area contributed by atoms with Crippen LogP contribution in [-0.4, -0.2) is 35.9 Å². The van der Waals surface area contributed by atoms with Crippen LogP contribution < -0.4 is 0 Å². The quantitative estimate of drug-likeness (QED) is 0.114. The lowest BCUT2D eigenvalue weighted by Crippen LogP contribution is -2.37. The van der Waals surface area contributed by atoms with Crippen molar-refractivity contribution in [1.29, 1.82) is 0 Å². The molecule has 4 rings (SSSR count). The van der Waals surface area contributed by atoms with Crippen molar-refractivity contribution in [3.8, 4) is 0 Å². The fraction of sp³-hybridized carbons (Fsp3) is 0.353. The number of carbonyl (C=O) groups excluding carboxylic acids is 2. The van der Waals surface area contributed by atoms with Gasteiger partial charge in [0.15, 0.2) is 22.9 Å². The predicted octanol–water partition coefficient (Wildman–Crippen LogP) is 11.0. The van der Waals surface area contributed by atoms with E-state index in [2.05, 4.69) is 40.9 Å². The van der Waals surface area contributed by atoms with Gasteiger partial charge in [-0.3, -0.25) is 19.4 Å². The number of benzene rings is 2. The molecule has 0 aliphatic rings. The summed E-state index contributed by atoms with van der Waals surface area (Å²) in [5.41, 5.74) is -6.28. The average molecular weight is 860 g/mol. The lowest BCUT2D eigenvalue weighted by atomic mass is 9.93. The van der Waals surface area contributed by atoms with Crippen molar-refractivity contribution in [2.75, 3.05) is 0 Å². The number of carbonyl (C=O) groups is 2. The zero-order valence-electron chi connectivity index (χ0n) is 28.7. The molecule has 0 aliphatic heterocycles. The van der Waals surface area contributed by atoms with E-state index >= 15 is 0 Å². The van der Waals surface area contributed by atoms with Crippen molar-refractivity contribution in [2.45, 2.75) is 75.1 Å². The van der Waals surface area contributed by atoms with Gasteiger partial charge in [-0.1, -0.05) is 52.3 Å². The summed E-state index contributed by atoms with van der Waals surface area (Å²) < 4.78 is 150. The fourth-order valence-electron chi connectivity index (χ4n) is 4.14. The van der Waals surface area contributed by atoms with E-state index in [9.17, 15) is 62.3 Å². The Morgan fingerprint density at radius 1 is 0.691 bits per heavy atom. The van der Waals surface area contributed by atoms with Crippen LogP contribution in [0.5, 0.6) is 0 Å². The minimum atomic E-state index is -4.77. The third-order valence-corrected chi connectivity index (χ3v) is 7.80. The number of halogens is 13. The Hall–Kier alpha value is -5.18. The van der Waals surface area contributed by atoms with Gasteiger partial charge >= 0.3 is 24.7 Å². The van der Waals surface area contributed by atoms with Crippen LogP contribution in [0.15, 0.2) is 61.2 Å². The number of alkyl halides is 13. The van der Waals surface area contributed by atoms with Gasteiger partial charge in [0.2, 0.25) is 0 Å². The Labute approximate surface area is 313 Å². The smallest absolute Gasteiger partial charge is 0.298 e. The molecule has 0 spiro atoms. The topological polar surface area (TPSA) is 89.4 Å². The monoisotopic (exact) mass is 858 g/mol. The number of aromatic amines is 1. The van der Waals surface area contributed by atoms with Gasteiger partial charge in [0.1, 0.15) is 5.54 Å². The SMILES string of the molecule is FC(F)(F)c1cn[nH]c1.[C-]#[N+]c1ccc(CC(=O)C(C)(C)Br)cc1C(F)(F)F.[C-]#[N+]c1ccc(CC(=O)C(C)(C)n2cc(C(F)(F)F)cn2)cc1C(F)(F)F. The van der Waals surface area contributed by atoms with E-state index in [1.54, 1.807) is 13.8 Å². The Balaban J connectivity index is 0.000000322. The number of ketones is 2. The van der Waals surface area contributed by atoms with E-state index in [4.69, 9.17) is 13.1 Å². The third-order valence-electron chi connectivity index (χ3n) is 7.36. The van der Waals surface area contributed by atoms with Crippen LogP contribution in [0.3, 0.4) is 0 Å². The third kappa shape index (κ3) is 13.0. The molecule has 296 valence electrons. The Morgan fingerprint density at radius 2 is 1.13 bits per heavy atom. The zero-order valence-corrected chi connectivity index (χ0v) is 30.2. The minimum absolute atomic E-state index is 0.00370. The molecule has 1 N–H and O–H groups in total. The van der Waals surface area contributed by atoms with Gasteiger partial charge in [-0.2, -0.15) is 62.9 Å². The Kier molecular flexibility index (Phi) is 14.3. The van der Waals surface area contributed by atoms with Crippen LogP contribution in [-0.2, 0) is 52.7 Å². The van der Waals surface area contributed by atoms with E-state index in [1.807, 2.05) is 0 Å². The molecule has 0 unspecified atom stereocenters. The number of Topliss-reactive ketones (excluding diaryl/α,β-unsaturated/α-hetero) is 2. The van der Waals surface area contributed by atoms with E-state index in [0.717, 1.165) is 35.3 Å². The number of aromatic nitrogens is 4. The molecule has 4 aromatic rings. The van der Waals surface area contributed by atoms with Crippen molar-refractivity contribution in [3.05, 3.63) is 117 Å². The Bertz CT molecular complexity index is 2040. The molecule has 0 aliphatic carbocycles. The summed E-state index contributed by atoms with van der Waals surface area (Å²) >= 11 is 3.17. The number of hydrogen-bond acceptors (Lipinski definition) is 4. The summed E-state index contributed by atoms with van der Waals surface area (Å²) in [5, 5.41) is 8.77. The normalized spacial score (nSPS) is 12.3. The van der Waals surface area contributed by atoms with Crippen LogP contribution >= 0.6 is 15.9 Å². The number of nitrogens with one attached hydrogen (secondary N) is 1. The van der Waals surface area contributed by atoms with Crippen LogP contribution in [0.2, 0.25) is 0 Å². The van der Waals surface area contributed by atoms with Crippen molar-refractivity contribution in [1.82, 2.24) is 20.0 Å². The largest absolute Gasteiger partial charge is 0.419 e. The first kappa shape index (κ1) is 46.0. The molecular formula is C34H27BrF12N6O2. The average Bonchev–Trinajstić information content (AvgIpc) is 3.78. The van der Waals surface area contributed by atoms with Gasteiger partial charge in [0, 0.05) is 25.2 Å². The summed E-state index contributed by atoms with van der Waals surface area (Å²) in [7, 11) is 0. The van der Waals surface area contributed by atoms with Gasteiger partial charge in [0.25, 0.3) is 0 Å². The standard InChI is InChI=1S/C17H13F6N3O.C13H11BrF3NO.C4H3F3N2/c1-15(2,26-9-11(8-25-26)16(18,19)20)14(27)7-10-4-5-13(24-3)12(6-10)17(21,22)23;1-12(2,14)11(19)7-8-4-5-10(18-3)9(6-8)13(15,16)17;5-4(6,7)3-1-8-9-2-3/h4-6,8-9H,7H2,1-2H3;4-6H,7H2,1-2H3;1-2H,(H,8,9). The summed E-state index contributed by atoms with van der Waals surface area (Å²) in [4.78, 5) is 29.9. The van der Waals surface area contributed by atoms with E-state index < -0.39 is 80.4 Å². The second kappa shape index (κ2) is 17.1. The molecule has 21 heteroatoms. The van der Waals surface area contributed by atoms with Gasteiger partial charge in [-0.05, 0) is 38.8 Å². The number of H-pyrrole nitrogens is 1. The van der Waals surface area contributed by atoms with Gasteiger partial charge < -0.3 is 0 Å². The molecule has 0 saturated heterocycles. The van der Waals surface area contributed by atoms with Crippen molar-refractivity contribution < 1.29 is 62.3 Å². The van der Waals surface area contributed by atoms with Crippen LogP contribution in [0, 0.1) is 13.1 Å². The van der Waals surface area contributed by atoms with E-state index in [1.165, 1.54) is 26.0 Å². The lowest BCUT2D eigenvalue weighted by molar-refractivity contribution is -0.138. The molecular weight excluding hydrogens is 832 g/mol. The van der Waals surface area contributed by atoms with Gasteiger partial charge in [-0.25, -0.2) is 9.69 Å². The van der Waals surface area contributed by atoms with Crippen molar-refractivity contribution in [2.24, 2.45) is 0 Å². The molecule has 2 aromatic heterocycles. The lowest BCUT2D eigenvalue weighted by Gasteiger charge is -2.24. The Morgan fingerprint density at radius 3 is 1.44 bits per heavy atom. The highest BCUT2D eigenvalue weighted by molar-refractivity contribution is 9.10. The maximum atomic E-state index is 13.0. The summed E-state index contributed by atoms with van der Waals surface area (Å²) in [6.45, 7) is 19.4. The molecule has 2 heterocycles. The molecule has 0 amide bonds. The van der Waals surface area contributed by atoms with Crippen molar-refractivity contribution >= 4 is 38.9 Å². The van der Waals surface area contributed by atoms with E-state index in [-0.39, 0.29) is 23.3 Å². The molecule has 0 bridgehead atoms. The second-order valence-electron chi connectivity index (χ2n) is 12.3. The first-order valence-corrected chi connectivity index (χ1v) is 15.8. The highest BCUT2D eigenvalue weighted by Crippen LogP contribution is 2.39. The predicted molar refractivity (Wildman–Crippen MR) is 176 cm³/mol. The summed E-state index contributed by atoms with van der Waals surface area (Å²) in [6.07, 6.45) is -16.1. The molecule has 0 saturated carbocycles. The maximum absolute atomic E-state index is 13.0. The fourth-order valence-corrected chi connectivity index (χ4v) is 4.28. The number of nitrogens with zero attached hydrogens (tertiary/aromatic N) is 5. The molecule has 8 nitrogen and oxygen atoms in total. The molecule has 0 atom stereocenters. The van der Waals surface area contributed by atoms with Gasteiger partial charge in [-0.15, -0.1) is 0 Å². The summed E-state index contributed by atoms with van der Waals surface area (Å²) in [5.74, 6) is -0.862. The minimum Gasteiger partial charge on any atom is -0.298 e. The molecule has 55 heavy (non-hydrogen) atoms. The number of hydrogen-bond donors (Lipinski definition) is 1. The molecule has 2 aromatic carbocycles. The van der Waals surface area contributed by atoms with Crippen LogP contribution in [0.1, 0.15) is 61.1 Å². The van der Waals surface area contributed by atoms with Crippen molar-refractivity contribution in [3.63, 3.8) is 0 Å². The molecule has 0 radical (unpaired) electrons. The first-order chi connectivity index (χ1) is 24.9. The first-order valence-electron chi connectivity index (χ1n) is 15.0. The van der Waals surface area contributed by atoms with Crippen LogP contribution in [0.25, 0.3) is 9.69 Å².